The average Bonchev–Trinajstić information content (AvgIpc) is 2.57. The minimum atomic E-state index is -0.705. The molecule has 0 fully saturated rings. The molecule has 0 aliphatic heterocycles. The molecule has 1 atom stereocenters. The van der Waals surface area contributed by atoms with Gasteiger partial charge >= 0.3 is 0 Å². The lowest BCUT2D eigenvalue weighted by molar-refractivity contribution is -0.127. The van der Waals surface area contributed by atoms with Gasteiger partial charge < -0.3 is 10.1 Å². The Balaban J connectivity index is 1.87. The van der Waals surface area contributed by atoms with Gasteiger partial charge in [-0.1, -0.05) is 29.3 Å². The van der Waals surface area contributed by atoms with Gasteiger partial charge in [-0.3, -0.25) is 15.6 Å². The number of aryl methyl sites for hydroxylation is 3. The molecular formula is C19H22ClN3O2S. The number of amides is 1. The smallest absolute Gasteiger partial charge is 0.279 e. The van der Waals surface area contributed by atoms with E-state index in [1.165, 1.54) is 0 Å². The molecule has 2 aromatic carbocycles. The van der Waals surface area contributed by atoms with E-state index < -0.39 is 6.10 Å². The quantitative estimate of drug-likeness (QED) is 0.542. The molecule has 0 aliphatic rings. The van der Waals surface area contributed by atoms with Gasteiger partial charge in [0.05, 0.1) is 0 Å². The Labute approximate surface area is 164 Å². The Bertz CT molecular complexity index is 786. The number of hydrogen-bond acceptors (Lipinski definition) is 3. The third kappa shape index (κ3) is 5.61. The summed E-state index contributed by atoms with van der Waals surface area (Å²) in [5.74, 6) is 0.309. The Kier molecular flexibility index (Phi) is 6.83. The van der Waals surface area contributed by atoms with E-state index >= 15 is 0 Å². The molecule has 0 saturated carbocycles. The van der Waals surface area contributed by atoms with Gasteiger partial charge in [-0.15, -0.1) is 0 Å². The fraction of sp³-hybridized carbons (Fsp3) is 0.263. The number of ether oxygens (including phenoxy) is 1. The van der Waals surface area contributed by atoms with Crippen molar-refractivity contribution < 1.29 is 9.53 Å². The normalized spacial score (nSPS) is 11.4. The highest BCUT2D eigenvalue weighted by molar-refractivity contribution is 7.80. The Hall–Kier alpha value is -2.31. The molecular weight excluding hydrogens is 370 g/mol. The van der Waals surface area contributed by atoms with Crippen LogP contribution in [0.1, 0.15) is 23.6 Å². The molecule has 0 unspecified atom stereocenters. The van der Waals surface area contributed by atoms with Crippen LogP contribution in [0.2, 0.25) is 5.02 Å². The second kappa shape index (κ2) is 8.87. The van der Waals surface area contributed by atoms with Crippen LogP contribution < -0.4 is 20.9 Å². The Morgan fingerprint density at radius 1 is 1.08 bits per heavy atom. The summed E-state index contributed by atoms with van der Waals surface area (Å²) in [4.78, 5) is 12.2. The van der Waals surface area contributed by atoms with Crippen LogP contribution in [0.5, 0.6) is 5.75 Å². The molecule has 7 heteroatoms. The number of thiocarbonyl (C=S) groups is 1. The van der Waals surface area contributed by atoms with Crippen molar-refractivity contribution in [2.24, 2.45) is 0 Å². The molecule has 0 bridgehead atoms. The van der Waals surface area contributed by atoms with Gasteiger partial charge in [0, 0.05) is 10.7 Å². The molecule has 0 radical (unpaired) electrons. The highest BCUT2D eigenvalue weighted by atomic mass is 35.5. The van der Waals surface area contributed by atoms with Gasteiger partial charge in [0.2, 0.25) is 0 Å². The molecule has 26 heavy (non-hydrogen) atoms. The lowest BCUT2D eigenvalue weighted by Crippen LogP contribution is -2.48. The molecule has 0 aliphatic carbocycles. The average molecular weight is 392 g/mol. The van der Waals surface area contributed by atoms with Crippen molar-refractivity contribution in [1.29, 1.82) is 0 Å². The van der Waals surface area contributed by atoms with E-state index in [1.54, 1.807) is 19.1 Å². The summed E-state index contributed by atoms with van der Waals surface area (Å²) in [6.45, 7) is 7.45. The number of rotatable bonds is 4. The topological polar surface area (TPSA) is 62.4 Å². The predicted octanol–water partition coefficient (Wildman–Crippen LogP) is 4.05. The number of hydrogen-bond donors (Lipinski definition) is 3. The van der Waals surface area contributed by atoms with E-state index in [-0.39, 0.29) is 11.0 Å². The van der Waals surface area contributed by atoms with Crippen LogP contribution in [0.15, 0.2) is 36.4 Å². The number of carbonyl (C=O) groups is 1. The van der Waals surface area contributed by atoms with E-state index in [4.69, 9.17) is 28.6 Å². The third-order valence-corrected chi connectivity index (χ3v) is 4.12. The van der Waals surface area contributed by atoms with Crippen molar-refractivity contribution in [3.05, 3.63) is 58.1 Å². The van der Waals surface area contributed by atoms with Crippen molar-refractivity contribution in [2.75, 3.05) is 5.32 Å². The number of nitrogens with one attached hydrogen (secondary N) is 3. The molecule has 0 aromatic heterocycles. The minimum Gasteiger partial charge on any atom is -0.480 e. The number of hydrazine groups is 1. The van der Waals surface area contributed by atoms with E-state index in [1.807, 2.05) is 45.0 Å². The molecule has 2 aromatic rings. The highest BCUT2D eigenvalue weighted by Crippen LogP contribution is 2.27. The van der Waals surface area contributed by atoms with E-state index in [0.29, 0.717) is 10.8 Å². The van der Waals surface area contributed by atoms with E-state index in [0.717, 1.165) is 22.4 Å². The molecule has 0 spiro atoms. The molecule has 3 N–H and O–H groups in total. The van der Waals surface area contributed by atoms with Gasteiger partial charge in [0.1, 0.15) is 5.75 Å². The monoisotopic (exact) mass is 391 g/mol. The molecule has 0 heterocycles. The van der Waals surface area contributed by atoms with E-state index in [2.05, 4.69) is 16.2 Å². The fourth-order valence-corrected chi connectivity index (χ4v) is 2.83. The summed E-state index contributed by atoms with van der Waals surface area (Å²) in [5, 5.41) is 3.91. The maximum atomic E-state index is 12.2. The van der Waals surface area contributed by atoms with Gasteiger partial charge in [0.25, 0.3) is 5.91 Å². The summed E-state index contributed by atoms with van der Waals surface area (Å²) >= 11 is 11.2. The number of benzene rings is 2. The standard InChI is InChI=1S/C19H22ClN3O2S/c1-11-5-7-16(8-6-11)21-19(26)23-22-18(24)14(4)25-17-12(2)9-15(20)10-13(17)3/h5-10,14H,1-4H3,(H,22,24)(H2,21,23,26)/t14-/m0/s1. The lowest BCUT2D eigenvalue weighted by atomic mass is 10.1. The maximum Gasteiger partial charge on any atom is 0.279 e. The zero-order chi connectivity index (χ0) is 19.3. The largest absolute Gasteiger partial charge is 0.480 e. The van der Waals surface area contributed by atoms with Gasteiger partial charge in [0.15, 0.2) is 11.2 Å². The van der Waals surface area contributed by atoms with Gasteiger partial charge in [-0.2, -0.15) is 0 Å². The number of halogens is 1. The molecule has 5 nitrogen and oxygen atoms in total. The fourth-order valence-electron chi connectivity index (χ4n) is 2.33. The van der Waals surface area contributed by atoms with Crippen LogP contribution in [0.25, 0.3) is 0 Å². The SMILES string of the molecule is Cc1ccc(NC(=S)NNC(=O)[C@H](C)Oc2c(C)cc(Cl)cc2C)cc1. The van der Waals surface area contributed by atoms with Crippen LogP contribution in [0.3, 0.4) is 0 Å². The second-order valence-corrected chi connectivity index (χ2v) is 6.91. The highest BCUT2D eigenvalue weighted by Gasteiger charge is 2.17. The van der Waals surface area contributed by atoms with Crippen LogP contribution in [0, 0.1) is 20.8 Å². The van der Waals surface area contributed by atoms with Crippen molar-refractivity contribution in [3.63, 3.8) is 0 Å². The van der Waals surface area contributed by atoms with Crippen molar-refractivity contribution in [2.45, 2.75) is 33.8 Å². The zero-order valence-electron chi connectivity index (χ0n) is 15.1. The second-order valence-electron chi connectivity index (χ2n) is 6.06. The first kappa shape index (κ1) is 20.0. The molecule has 0 saturated heterocycles. The summed E-state index contributed by atoms with van der Waals surface area (Å²) in [6, 6.07) is 11.3. The number of anilines is 1. The summed E-state index contributed by atoms with van der Waals surface area (Å²) in [7, 11) is 0. The van der Waals surface area contributed by atoms with Crippen LogP contribution in [-0.2, 0) is 4.79 Å². The first-order valence-electron chi connectivity index (χ1n) is 8.13. The number of carbonyl (C=O) groups excluding carboxylic acids is 1. The van der Waals surface area contributed by atoms with Crippen LogP contribution in [-0.4, -0.2) is 17.1 Å². The maximum absolute atomic E-state index is 12.2. The van der Waals surface area contributed by atoms with Gasteiger partial charge in [-0.25, -0.2) is 0 Å². The van der Waals surface area contributed by atoms with Crippen molar-refractivity contribution >= 4 is 40.5 Å². The lowest BCUT2D eigenvalue weighted by Gasteiger charge is -2.19. The molecule has 2 rings (SSSR count). The van der Waals surface area contributed by atoms with Gasteiger partial charge in [-0.05, 0) is 75.3 Å². The minimum absolute atomic E-state index is 0.285. The predicted molar refractivity (Wildman–Crippen MR) is 110 cm³/mol. The van der Waals surface area contributed by atoms with Crippen LogP contribution >= 0.6 is 23.8 Å². The Morgan fingerprint density at radius 2 is 1.65 bits per heavy atom. The molecule has 138 valence electrons. The summed E-state index contributed by atoms with van der Waals surface area (Å²) in [6.07, 6.45) is -0.705. The first-order chi connectivity index (χ1) is 12.3. The Morgan fingerprint density at radius 3 is 2.23 bits per heavy atom. The summed E-state index contributed by atoms with van der Waals surface area (Å²) in [5.41, 5.74) is 8.95. The summed E-state index contributed by atoms with van der Waals surface area (Å²) < 4.78 is 5.78. The molecule has 1 amide bonds. The van der Waals surface area contributed by atoms with Crippen molar-refractivity contribution in [1.82, 2.24) is 10.9 Å². The zero-order valence-corrected chi connectivity index (χ0v) is 16.7. The van der Waals surface area contributed by atoms with E-state index in [9.17, 15) is 4.79 Å². The van der Waals surface area contributed by atoms with Crippen molar-refractivity contribution in [3.8, 4) is 5.75 Å². The first-order valence-corrected chi connectivity index (χ1v) is 8.92. The third-order valence-electron chi connectivity index (χ3n) is 3.70. The van der Waals surface area contributed by atoms with Crippen LogP contribution in [0.4, 0.5) is 5.69 Å².